The third-order valence-corrected chi connectivity index (χ3v) is 4.66. The Morgan fingerprint density at radius 1 is 1.23 bits per heavy atom. The van der Waals surface area contributed by atoms with Crippen molar-refractivity contribution in [2.24, 2.45) is 0 Å². The molecule has 5 nitrogen and oxygen atoms in total. The summed E-state index contributed by atoms with van der Waals surface area (Å²) in [6.07, 6.45) is 1.28. The number of benzene rings is 2. The number of nitrogens with one attached hydrogen (secondary N) is 1. The lowest BCUT2D eigenvalue weighted by atomic mass is 10.2. The Labute approximate surface area is 150 Å². The summed E-state index contributed by atoms with van der Waals surface area (Å²) in [6, 6.07) is 14.4. The van der Waals surface area contributed by atoms with Crippen LogP contribution in [0.25, 0.3) is 11.0 Å². The molecule has 1 saturated heterocycles. The number of hydrogen-bond donors (Lipinski definition) is 1. The molecule has 0 radical (unpaired) electrons. The predicted molar refractivity (Wildman–Crippen MR) is 96.1 cm³/mol. The molecule has 1 amide bonds. The van der Waals surface area contributed by atoms with Gasteiger partial charge in [-0.1, -0.05) is 30.3 Å². The first-order valence-electron chi connectivity index (χ1n) is 8.79. The van der Waals surface area contributed by atoms with Crippen LogP contribution < -0.4 is 5.32 Å². The molecule has 1 aliphatic rings. The van der Waals surface area contributed by atoms with Crippen molar-refractivity contribution >= 4 is 16.9 Å². The molecule has 4 rings (SSSR count). The highest BCUT2D eigenvalue weighted by molar-refractivity contribution is 5.81. The summed E-state index contributed by atoms with van der Waals surface area (Å²) in [5.74, 6) is 0.326. The van der Waals surface area contributed by atoms with E-state index in [1.165, 1.54) is 6.07 Å². The molecule has 1 fully saturated rings. The Bertz CT molecular complexity index is 932. The van der Waals surface area contributed by atoms with Crippen molar-refractivity contribution in [1.29, 1.82) is 0 Å². The van der Waals surface area contributed by atoms with E-state index in [0.29, 0.717) is 24.5 Å². The molecule has 1 atom stereocenters. The molecule has 3 aromatic rings. The van der Waals surface area contributed by atoms with Crippen LogP contribution in [0.5, 0.6) is 0 Å². The van der Waals surface area contributed by atoms with E-state index >= 15 is 0 Å². The highest BCUT2D eigenvalue weighted by atomic mass is 19.1. The quantitative estimate of drug-likeness (QED) is 0.767. The Morgan fingerprint density at radius 3 is 2.85 bits per heavy atom. The van der Waals surface area contributed by atoms with Crippen LogP contribution in [0.15, 0.2) is 48.5 Å². The Morgan fingerprint density at radius 2 is 2.04 bits per heavy atom. The summed E-state index contributed by atoms with van der Waals surface area (Å²) in [5.41, 5.74) is 2.32. The third-order valence-electron chi connectivity index (χ3n) is 4.66. The molecule has 0 saturated carbocycles. The minimum absolute atomic E-state index is 0.119. The molecule has 1 aliphatic heterocycles. The Balaban J connectivity index is 1.61. The number of para-hydroxylation sites is 2. The number of carbonyl (C=O) groups is 1. The molecule has 6 heteroatoms. The van der Waals surface area contributed by atoms with E-state index in [9.17, 15) is 9.18 Å². The topological polar surface area (TPSA) is 56.2 Å². The average molecular weight is 353 g/mol. The fourth-order valence-corrected chi connectivity index (χ4v) is 3.30. The number of rotatable bonds is 5. The van der Waals surface area contributed by atoms with Gasteiger partial charge in [-0.3, -0.25) is 4.79 Å². The van der Waals surface area contributed by atoms with E-state index in [0.717, 1.165) is 23.9 Å². The number of ether oxygens (including phenoxy) is 1. The molecule has 0 bridgehead atoms. The van der Waals surface area contributed by atoms with Gasteiger partial charge >= 0.3 is 0 Å². The highest BCUT2D eigenvalue weighted by Gasteiger charge is 2.23. The van der Waals surface area contributed by atoms with Crippen LogP contribution in [0.3, 0.4) is 0 Å². The summed E-state index contributed by atoms with van der Waals surface area (Å²) in [6.45, 7) is 1.27. The zero-order valence-electron chi connectivity index (χ0n) is 14.3. The lowest BCUT2D eigenvalue weighted by molar-refractivity contribution is -0.130. The molecule has 1 unspecified atom stereocenters. The number of fused-ring (bicyclic) bond motifs is 1. The maximum absolute atomic E-state index is 14.1. The fraction of sp³-hybridized carbons (Fsp3) is 0.300. The average Bonchev–Trinajstić information content (AvgIpc) is 3.30. The van der Waals surface area contributed by atoms with Crippen molar-refractivity contribution in [3.63, 3.8) is 0 Å². The second kappa shape index (κ2) is 7.25. The maximum atomic E-state index is 14.1. The zero-order valence-corrected chi connectivity index (χ0v) is 14.3. The number of halogens is 1. The summed E-state index contributed by atoms with van der Waals surface area (Å²) in [4.78, 5) is 16.8. The molecule has 134 valence electrons. The van der Waals surface area contributed by atoms with Crippen LogP contribution in [0.1, 0.15) is 24.2 Å². The first-order chi connectivity index (χ1) is 12.7. The van der Waals surface area contributed by atoms with Crippen LogP contribution in [-0.4, -0.2) is 28.2 Å². The van der Waals surface area contributed by atoms with Crippen LogP contribution >= 0.6 is 0 Å². The highest BCUT2D eigenvalue weighted by Crippen LogP contribution is 2.19. The third kappa shape index (κ3) is 3.32. The molecule has 0 aliphatic carbocycles. The minimum atomic E-state index is -0.376. The second-order valence-corrected chi connectivity index (χ2v) is 6.41. The van der Waals surface area contributed by atoms with Crippen molar-refractivity contribution < 1.29 is 13.9 Å². The number of imidazole rings is 1. The van der Waals surface area contributed by atoms with Crippen LogP contribution in [0.4, 0.5) is 4.39 Å². The lowest BCUT2D eigenvalue weighted by Gasteiger charge is -2.13. The van der Waals surface area contributed by atoms with Gasteiger partial charge in [-0.2, -0.15) is 0 Å². The van der Waals surface area contributed by atoms with E-state index in [2.05, 4.69) is 10.3 Å². The van der Waals surface area contributed by atoms with Crippen molar-refractivity contribution in [3.05, 3.63) is 65.7 Å². The number of hydrogen-bond acceptors (Lipinski definition) is 3. The van der Waals surface area contributed by atoms with E-state index in [1.807, 2.05) is 34.9 Å². The van der Waals surface area contributed by atoms with Gasteiger partial charge in [0, 0.05) is 12.2 Å². The summed E-state index contributed by atoms with van der Waals surface area (Å²) in [5, 5.41) is 2.90. The van der Waals surface area contributed by atoms with E-state index in [1.54, 1.807) is 12.1 Å². The SMILES string of the molecule is O=C(NCc1nc2ccccc2n1Cc1ccccc1F)C1CCCO1. The number of nitrogens with zero attached hydrogens (tertiary/aromatic N) is 2. The van der Waals surface area contributed by atoms with Crippen LogP contribution in [0.2, 0.25) is 0 Å². The van der Waals surface area contributed by atoms with Gasteiger partial charge in [0.05, 0.1) is 24.1 Å². The second-order valence-electron chi connectivity index (χ2n) is 6.41. The van der Waals surface area contributed by atoms with Gasteiger partial charge in [0.15, 0.2) is 0 Å². The summed E-state index contributed by atoms with van der Waals surface area (Å²) in [7, 11) is 0. The van der Waals surface area contributed by atoms with Gasteiger partial charge in [-0.15, -0.1) is 0 Å². The molecule has 2 aromatic carbocycles. The lowest BCUT2D eigenvalue weighted by Crippen LogP contribution is -2.34. The Hall–Kier alpha value is -2.73. The van der Waals surface area contributed by atoms with Crippen molar-refractivity contribution in [2.75, 3.05) is 6.61 Å². The molecule has 0 spiro atoms. The Kier molecular flexibility index (Phi) is 4.67. The van der Waals surface area contributed by atoms with Crippen molar-refractivity contribution in [3.8, 4) is 0 Å². The summed E-state index contributed by atoms with van der Waals surface area (Å²) >= 11 is 0. The molecule has 1 N–H and O–H groups in total. The first kappa shape index (κ1) is 16.7. The molecule has 1 aromatic heterocycles. The number of amides is 1. The number of aromatic nitrogens is 2. The van der Waals surface area contributed by atoms with E-state index < -0.39 is 0 Å². The molecule has 2 heterocycles. The van der Waals surface area contributed by atoms with Gasteiger partial charge in [-0.05, 0) is 31.0 Å². The largest absolute Gasteiger partial charge is 0.368 e. The zero-order chi connectivity index (χ0) is 17.9. The van der Waals surface area contributed by atoms with Gasteiger partial charge in [-0.25, -0.2) is 9.37 Å². The van der Waals surface area contributed by atoms with Gasteiger partial charge in [0.2, 0.25) is 5.91 Å². The monoisotopic (exact) mass is 353 g/mol. The predicted octanol–water partition coefficient (Wildman–Crippen LogP) is 3.02. The minimum Gasteiger partial charge on any atom is -0.368 e. The van der Waals surface area contributed by atoms with Crippen LogP contribution in [-0.2, 0) is 22.6 Å². The van der Waals surface area contributed by atoms with E-state index in [-0.39, 0.29) is 24.4 Å². The standard InChI is InChI=1S/C20H20FN3O2/c21-15-7-2-1-6-14(15)13-24-17-9-4-3-8-16(17)23-19(24)12-22-20(25)18-10-5-11-26-18/h1-4,6-9,18H,5,10-13H2,(H,22,25). The normalized spacial score (nSPS) is 16.9. The van der Waals surface area contributed by atoms with Gasteiger partial charge < -0.3 is 14.6 Å². The van der Waals surface area contributed by atoms with Gasteiger partial charge in [0.25, 0.3) is 0 Å². The molecular formula is C20H20FN3O2. The fourth-order valence-electron chi connectivity index (χ4n) is 3.30. The van der Waals surface area contributed by atoms with Crippen LogP contribution in [0, 0.1) is 5.82 Å². The van der Waals surface area contributed by atoms with E-state index in [4.69, 9.17) is 4.74 Å². The molecule has 26 heavy (non-hydrogen) atoms. The number of carbonyl (C=O) groups excluding carboxylic acids is 1. The maximum Gasteiger partial charge on any atom is 0.249 e. The first-order valence-corrected chi connectivity index (χ1v) is 8.79. The van der Waals surface area contributed by atoms with Crippen molar-refractivity contribution in [2.45, 2.75) is 32.0 Å². The smallest absolute Gasteiger partial charge is 0.249 e. The summed E-state index contributed by atoms with van der Waals surface area (Å²) < 4.78 is 21.5. The van der Waals surface area contributed by atoms with Gasteiger partial charge in [0.1, 0.15) is 17.7 Å². The molecular weight excluding hydrogens is 333 g/mol. The van der Waals surface area contributed by atoms with Crippen molar-refractivity contribution in [1.82, 2.24) is 14.9 Å².